The van der Waals surface area contributed by atoms with E-state index >= 15 is 0 Å². The van der Waals surface area contributed by atoms with Gasteiger partial charge in [-0.05, 0) is 37.7 Å². The maximum absolute atomic E-state index is 13.8. The fraction of sp³-hybridized carbons (Fsp3) is 0.250. The van der Waals surface area contributed by atoms with Crippen molar-refractivity contribution in [3.8, 4) is 0 Å². The van der Waals surface area contributed by atoms with Crippen molar-refractivity contribution in [1.29, 1.82) is 0 Å². The molecule has 5 heteroatoms. The molecule has 1 unspecified atom stereocenters. The third-order valence-electron chi connectivity index (χ3n) is 3.49. The molecule has 2 rings (SSSR count). The highest BCUT2D eigenvalue weighted by atomic mass is 19.1. The van der Waals surface area contributed by atoms with Gasteiger partial charge in [0.1, 0.15) is 11.5 Å². The van der Waals surface area contributed by atoms with Crippen LogP contribution in [0.5, 0.6) is 0 Å². The first-order chi connectivity index (χ1) is 9.99. The van der Waals surface area contributed by atoms with Gasteiger partial charge >= 0.3 is 5.97 Å². The number of halogens is 1. The fourth-order valence-electron chi connectivity index (χ4n) is 2.17. The molecule has 1 aromatic carbocycles. The smallest absolute Gasteiger partial charge is 0.354 e. The van der Waals surface area contributed by atoms with Crippen LogP contribution in [0.4, 0.5) is 4.39 Å². The number of carboxylic acids is 1. The number of pyridine rings is 1. The van der Waals surface area contributed by atoms with Crippen LogP contribution in [0.1, 0.15) is 34.6 Å². The van der Waals surface area contributed by atoms with Gasteiger partial charge < -0.3 is 5.11 Å². The first-order valence-electron chi connectivity index (χ1n) is 6.62. The van der Waals surface area contributed by atoms with Gasteiger partial charge in [-0.3, -0.25) is 4.90 Å². The largest absolute Gasteiger partial charge is 0.477 e. The Kier molecular flexibility index (Phi) is 4.65. The fourth-order valence-corrected chi connectivity index (χ4v) is 2.17. The lowest BCUT2D eigenvalue weighted by Gasteiger charge is -2.25. The van der Waals surface area contributed by atoms with Crippen molar-refractivity contribution < 1.29 is 14.3 Å². The van der Waals surface area contributed by atoms with E-state index in [1.807, 2.05) is 18.9 Å². The molecule has 2 aromatic rings. The van der Waals surface area contributed by atoms with Crippen LogP contribution in [0.2, 0.25) is 0 Å². The number of aromatic carboxylic acids is 1. The highest BCUT2D eigenvalue weighted by Crippen LogP contribution is 2.23. The molecule has 1 aromatic heterocycles. The summed E-state index contributed by atoms with van der Waals surface area (Å²) >= 11 is 0. The monoisotopic (exact) mass is 288 g/mol. The van der Waals surface area contributed by atoms with Gasteiger partial charge in [-0.15, -0.1) is 0 Å². The van der Waals surface area contributed by atoms with Gasteiger partial charge in [0.05, 0.1) is 0 Å². The lowest BCUT2D eigenvalue weighted by molar-refractivity contribution is 0.0690. The zero-order valence-electron chi connectivity index (χ0n) is 12.0. The Labute approximate surface area is 122 Å². The average Bonchev–Trinajstić information content (AvgIpc) is 2.47. The van der Waals surface area contributed by atoms with Gasteiger partial charge in [0.15, 0.2) is 0 Å². The summed E-state index contributed by atoms with van der Waals surface area (Å²) < 4.78 is 13.8. The number of hydrogen-bond acceptors (Lipinski definition) is 3. The molecule has 1 atom stereocenters. The first-order valence-corrected chi connectivity index (χ1v) is 6.62. The topological polar surface area (TPSA) is 53.4 Å². The number of benzene rings is 1. The third-order valence-corrected chi connectivity index (χ3v) is 3.49. The molecule has 0 amide bonds. The van der Waals surface area contributed by atoms with Crippen molar-refractivity contribution >= 4 is 5.97 Å². The van der Waals surface area contributed by atoms with E-state index in [9.17, 15) is 9.18 Å². The normalized spacial score (nSPS) is 12.4. The van der Waals surface area contributed by atoms with Crippen LogP contribution in [0.25, 0.3) is 0 Å². The molecule has 110 valence electrons. The number of carbonyl (C=O) groups is 1. The molecule has 0 fully saturated rings. The van der Waals surface area contributed by atoms with Crippen molar-refractivity contribution in [1.82, 2.24) is 9.88 Å². The molecule has 21 heavy (non-hydrogen) atoms. The third kappa shape index (κ3) is 3.64. The van der Waals surface area contributed by atoms with Crippen molar-refractivity contribution in [2.45, 2.75) is 19.5 Å². The second-order valence-electron chi connectivity index (χ2n) is 4.97. The molecule has 0 radical (unpaired) electrons. The summed E-state index contributed by atoms with van der Waals surface area (Å²) in [7, 11) is 1.87. The minimum absolute atomic E-state index is 0.0134. The Morgan fingerprint density at radius 2 is 2.10 bits per heavy atom. The minimum atomic E-state index is -1.05. The van der Waals surface area contributed by atoms with E-state index in [0.29, 0.717) is 12.1 Å². The van der Waals surface area contributed by atoms with Crippen LogP contribution in [-0.4, -0.2) is 28.0 Å². The predicted molar refractivity (Wildman–Crippen MR) is 77.5 cm³/mol. The van der Waals surface area contributed by atoms with Crippen LogP contribution >= 0.6 is 0 Å². The van der Waals surface area contributed by atoms with E-state index in [1.54, 1.807) is 24.3 Å². The average molecular weight is 288 g/mol. The highest BCUT2D eigenvalue weighted by Gasteiger charge is 2.16. The summed E-state index contributed by atoms with van der Waals surface area (Å²) in [6.45, 7) is 2.43. The Bertz CT molecular complexity index is 646. The van der Waals surface area contributed by atoms with Crippen molar-refractivity contribution in [3.05, 3.63) is 65.2 Å². The maximum atomic E-state index is 13.8. The molecule has 0 spiro atoms. The van der Waals surface area contributed by atoms with Gasteiger partial charge in [-0.25, -0.2) is 14.2 Å². The summed E-state index contributed by atoms with van der Waals surface area (Å²) in [5.74, 6) is -1.29. The minimum Gasteiger partial charge on any atom is -0.477 e. The standard InChI is InChI=1S/C16H17FN2O2/c1-11(13-5-3-4-6-14(13)17)19(2)10-12-7-8-18-15(9-12)16(20)21/h3-9,11H,10H2,1-2H3,(H,20,21). The lowest BCUT2D eigenvalue weighted by Crippen LogP contribution is -2.23. The molecule has 0 saturated heterocycles. The van der Waals surface area contributed by atoms with Crippen molar-refractivity contribution in [2.24, 2.45) is 0 Å². The summed E-state index contributed by atoms with van der Waals surface area (Å²) in [6.07, 6.45) is 1.47. The van der Waals surface area contributed by atoms with Gasteiger partial charge in [0, 0.05) is 24.3 Å². The van der Waals surface area contributed by atoms with Gasteiger partial charge in [0.25, 0.3) is 0 Å². The zero-order chi connectivity index (χ0) is 15.4. The molecule has 1 heterocycles. The highest BCUT2D eigenvalue weighted by molar-refractivity contribution is 5.85. The van der Waals surface area contributed by atoms with E-state index in [4.69, 9.17) is 5.11 Å². The lowest BCUT2D eigenvalue weighted by atomic mass is 10.1. The molecule has 0 aliphatic heterocycles. The molecule has 4 nitrogen and oxygen atoms in total. The molecule has 0 aliphatic rings. The maximum Gasteiger partial charge on any atom is 0.354 e. The van der Waals surface area contributed by atoms with Crippen LogP contribution in [0.3, 0.4) is 0 Å². The molecular formula is C16H17FN2O2. The second-order valence-corrected chi connectivity index (χ2v) is 4.97. The second kappa shape index (κ2) is 6.45. The quantitative estimate of drug-likeness (QED) is 0.918. The van der Waals surface area contributed by atoms with Gasteiger partial charge in [-0.2, -0.15) is 0 Å². The molecule has 0 aliphatic carbocycles. The Hall–Kier alpha value is -2.27. The van der Waals surface area contributed by atoms with E-state index < -0.39 is 5.97 Å². The van der Waals surface area contributed by atoms with E-state index in [-0.39, 0.29) is 17.6 Å². The molecule has 1 N–H and O–H groups in total. The number of hydrogen-bond donors (Lipinski definition) is 1. The van der Waals surface area contributed by atoms with Gasteiger partial charge in [-0.1, -0.05) is 18.2 Å². The van der Waals surface area contributed by atoms with Crippen LogP contribution in [-0.2, 0) is 6.54 Å². The molecule has 0 saturated carbocycles. The molecule has 0 bridgehead atoms. The Morgan fingerprint density at radius 1 is 1.38 bits per heavy atom. The summed E-state index contributed by atoms with van der Waals surface area (Å²) in [5, 5.41) is 8.94. The zero-order valence-corrected chi connectivity index (χ0v) is 12.0. The Morgan fingerprint density at radius 3 is 2.76 bits per heavy atom. The summed E-state index contributed by atoms with van der Waals surface area (Å²) in [4.78, 5) is 16.7. The van der Waals surface area contributed by atoms with Crippen molar-refractivity contribution in [3.63, 3.8) is 0 Å². The number of aromatic nitrogens is 1. The summed E-state index contributed by atoms with van der Waals surface area (Å²) in [5.41, 5.74) is 1.46. The first kappa shape index (κ1) is 15.1. The van der Waals surface area contributed by atoms with E-state index in [1.165, 1.54) is 18.3 Å². The van der Waals surface area contributed by atoms with E-state index in [0.717, 1.165) is 5.56 Å². The van der Waals surface area contributed by atoms with E-state index in [2.05, 4.69) is 4.98 Å². The molecular weight excluding hydrogens is 271 g/mol. The van der Waals surface area contributed by atoms with Gasteiger partial charge in [0.2, 0.25) is 0 Å². The number of rotatable bonds is 5. The van der Waals surface area contributed by atoms with Crippen LogP contribution in [0.15, 0.2) is 42.6 Å². The van der Waals surface area contributed by atoms with Crippen LogP contribution < -0.4 is 0 Å². The Balaban J connectivity index is 2.14. The predicted octanol–water partition coefficient (Wildman–Crippen LogP) is 3.11. The summed E-state index contributed by atoms with van der Waals surface area (Å²) in [6, 6.07) is 9.84. The van der Waals surface area contributed by atoms with Crippen LogP contribution in [0, 0.1) is 5.82 Å². The van der Waals surface area contributed by atoms with Crippen molar-refractivity contribution in [2.75, 3.05) is 7.05 Å². The number of nitrogens with zero attached hydrogens (tertiary/aromatic N) is 2. The SMILES string of the molecule is CC(c1ccccc1F)N(C)Cc1ccnc(C(=O)O)c1. The number of carboxylic acid groups (broad SMARTS) is 1.